The number of benzene rings is 3. The normalized spacial score (nSPS) is 12.1. The van der Waals surface area contributed by atoms with Gasteiger partial charge < -0.3 is 15.6 Å². The molecule has 0 radical (unpaired) electrons. The lowest BCUT2D eigenvalue weighted by Gasteiger charge is -2.21. The molecule has 4 rings (SSSR count). The molecule has 4 aromatic rings. The number of nitrogens with one attached hydrogen (secondary N) is 2. The van der Waals surface area contributed by atoms with E-state index in [1.54, 1.807) is 49.6 Å². The van der Waals surface area contributed by atoms with Crippen LogP contribution in [-0.2, 0) is 16.4 Å². The van der Waals surface area contributed by atoms with Crippen LogP contribution in [0.4, 0.5) is 10.5 Å². The summed E-state index contributed by atoms with van der Waals surface area (Å²) in [6, 6.07) is 21.9. The van der Waals surface area contributed by atoms with Gasteiger partial charge in [-0.3, -0.25) is 0 Å². The molecule has 1 atom stereocenters. The minimum absolute atomic E-state index is 0.0492. The van der Waals surface area contributed by atoms with E-state index in [4.69, 9.17) is 5.73 Å². The van der Waals surface area contributed by atoms with Crippen LogP contribution in [-0.4, -0.2) is 24.0 Å². The van der Waals surface area contributed by atoms with E-state index < -0.39 is 22.1 Å². The molecule has 0 bridgehead atoms. The number of aromatic nitrogens is 2. The molecule has 9 heteroatoms. The molecule has 4 N–H and O–H groups in total. The Morgan fingerprint density at radius 3 is 2.38 bits per heavy atom. The molecule has 0 saturated heterocycles. The molecule has 34 heavy (non-hydrogen) atoms. The van der Waals surface area contributed by atoms with Crippen molar-refractivity contribution < 1.29 is 13.2 Å². The molecule has 174 valence electrons. The Kier molecular flexibility index (Phi) is 6.65. The van der Waals surface area contributed by atoms with Gasteiger partial charge in [0.1, 0.15) is 5.82 Å². The van der Waals surface area contributed by atoms with Crippen LogP contribution in [0.3, 0.4) is 0 Å². The third-order valence-electron chi connectivity index (χ3n) is 5.35. The Balaban J connectivity index is 1.63. The highest BCUT2D eigenvalue weighted by Crippen LogP contribution is 2.22. The quantitative estimate of drug-likeness (QED) is 0.352. The first-order valence-corrected chi connectivity index (χ1v) is 12.1. The highest BCUT2D eigenvalue weighted by molar-refractivity contribution is 7.90. The van der Waals surface area contributed by atoms with Gasteiger partial charge in [0.15, 0.2) is 0 Å². The maximum Gasteiger partial charge on any atom is 0.329 e. The number of imidazole rings is 1. The number of anilines is 1. The monoisotopic (exact) mass is 475 g/mol. The molecule has 0 fully saturated rings. The van der Waals surface area contributed by atoms with Crippen LogP contribution in [0.5, 0.6) is 0 Å². The van der Waals surface area contributed by atoms with Gasteiger partial charge in [0.25, 0.3) is 10.0 Å². The van der Waals surface area contributed by atoms with Gasteiger partial charge in [0.05, 0.1) is 10.9 Å². The SMILES string of the molecule is Cc1ccccc1S(=O)(=O)NC(=O)NC(Cc1ccccc1)c1nccn1-c1ccc(N)cc1. The zero-order valence-corrected chi connectivity index (χ0v) is 19.4. The molecule has 0 spiro atoms. The van der Waals surface area contributed by atoms with Gasteiger partial charge in [-0.05, 0) is 54.8 Å². The number of carbonyl (C=O) groups is 1. The smallest absolute Gasteiger partial charge is 0.329 e. The second-order valence-electron chi connectivity index (χ2n) is 7.83. The molecule has 0 aliphatic heterocycles. The summed E-state index contributed by atoms with van der Waals surface area (Å²) >= 11 is 0. The zero-order valence-electron chi connectivity index (χ0n) is 18.5. The third kappa shape index (κ3) is 5.26. The van der Waals surface area contributed by atoms with Crippen molar-refractivity contribution in [3.8, 4) is 5.69 Å². The number of nitrogens with two attached hydrogens (primary N) is 1. The first kappa shape index (κ1) is 23.1. The van der Waals surface area contributed by atoms with Gasteiger partial charge in [-0.25, -0.2) is 22.9 Å². The Morgan fingerprint density at radius 2 is 1.68 bits per heavy atom. The van der Waals surface area contributed by atoms with Crippen LogP contribution in [0, 0.1) is 6.92 Å². The first-order valence-electron chi connectivity index (χ1n) is 10.7. The average molecular weight is 476 g/mol. The lowest BCUT2D eigenvalue weighted by Crippen LogP contribution is -2.42. The van der Waals surface area contributed by atoms with Gasteiger partial charge in [-0.1, -0.05) is 48.5 Å². The predicted molar refractivity (Wildman–Crippen MR) is 131 cm³/mol. The molecular formula is C25H25N5O3S. The molecule has 1 heterocycles. The van der Waals surface area contributed by atoms with Crippen molar-refractivity contribution in [1.29, 1.82) is 0 Å². The Hall–Kier alpha value is -4.11. The molecule has 2 amide bonds. The highest BCUT2D eigenvalue weighted by atomic mass is 32.2. The summed E-state index contributed by atoms with van der Waals surface area (Å²) in [5.41, 5.74) is 8.76. The fourth-order valence-electron chi connectivity index (χ4n) is 3.71. The number of aryl methyl sites for hydroxylation is 1. The molecule has 3 aromatic carbocycles. The standard InChI is InChI=1S/C25H25N5O3S/c1-18-7-5-6-10-23(18)34(32,33)29-25(31)28-22(17-19-8-3-2-4-9-19)24-27-15-16-30(24)21-13-11-20(26)12-14-21/h2-16,22H,17,26H2,1H3,(H2,28,29,31). The van der Waals surface area contributed by atoms with E-state index in [9.17, 15) is 13.2 Å². The number of carbonyl (C=O) groups excluding carboxylic acids is 1. The van der Waals surface area contributed by atoms with Gasteiger partial charge in [-0.15, -0.1) is 0 Å². The maximum absolute atomic E-state index is 12.9. The lowest BCUT2D eigenvalue weighted by molar-refractivity contribution is 0.241. The zero-order chi connectivity index (χ0) is 24.1. The van der Waals surface area contributed by atoms with Crippen molar-refractivity contribution in [3.05, 3.63) is 108 Å². The van der Waals surface area contributed by atoms with Crippen molar-refractivity contribution in [1.82, 2.24) is 19.6 Å². The number of hydrogen-bond acceptors (Lipinski definition) is 5. The van der Waals surface area contributed by atoms with E-state index >= 15 is 0 Å². The highest BCUT2D eigenvalue weighted by Gasteiger charge is 2.25. The van der Waals surface area contributed by atoms with Crippen molar-refractivity contribution in [2.45, 2.75) is 24.3 Å². The Labute approximate surface area is 198 Å². The number of sulfonamides is 1. The van der Waals surface area contributed by atoms with Gasteiger partial charge in [-0.2, -0.15) is 0 Å². The third-order valence-corrected chi connectivity index (χ3v) is 6.84. The van der Waals surface area contributed by atoms with Gasteiger partial charge in [0.2, 0.25) is 0 Å². The molecule has 0 aliphatic rings. The molecule has 1 aromatic heterocycles. The molecular weight excluding hydrogens is 450 g/mol. The predicted octanol–water partition coefficient (Wildman–Crippen LogP) is 3.73. The van der Waals surface area contributed by atoms with E-state index in [0.29, 0.717) is 23.5 Å². The molecule has 0 aliphatic carbocycles. The first-order chi connectivity index (χ1) is 16.3. The number of amides is 2. The van der Waals surface area contributed by atoms with E-state index in [1.807, 2.05) is 47.0 Å². The topological polar surface area (TPSA) is 119 Å². The summed E-state index contributed by atoms with van der Waals surface area (Å²) in [6.45, 7) is 1.67. The fraction of sp³-hybridized carbons (Fsp3) is 0.120. The number of nitrogens with zero attached hydrogens (tertiary/aromatic N) is 2. The minimum atomic E-state index is -4.05. The Bertz CT molecular complexity index is 1380. The molecule has 1 unspecified atom stereocenters. The van der Waals surface area contributed by atoms with Gasteiger partial charge in [0, 0.05) is 23.8 Å². The second kappa shape index (κ2) is 9.80. The molecule has 8 nitrogen and oxygen atoms in total. The van der Waals surface area contributed by atoms with Crippen LogP contribution < -0.4 is 15.8 Å². The minimum Gasteiger partial charge on any atom is -0.399 e. The number of nitrogen functional groups attached to an aromatic ring is 1. The summed E-state index contributed by atoms with van der Waals surface area (Å²) < 4.78 is 29.6. The van der Waals surface area contributed by atoms with Crippen LogP contribution in [0.2, 0.25) is 0 Å². The van der Waals surface area contributed by atoms with E-state index in [0.717, 1.165) is 11.3 Å². The van der Waals surface area contributed by atoms with Crippen LogP contribution in [0.15, 0.2) is 96.2 Å². The van der Waals surface area contributed by atoms with Crippen molar-refractivity contribution >= 4 is 21.7 Å². The van der Waals surface area contributed by atoms with Gasteiger partial charge >= 0.3 is 6.03 Å². The van der Waals surface area contributed by atoms with Crippen molar-refractivity contribution in [2.24, 2.45) is 0 Å². The fourth-order valence-corrected chi connectivity index (χ4v) is 4.87. The van der Waals surface area contributed by atoms with Crippen LogP contribution in [0.1, 0.15) is 23.0 Å². The summed E-state index contributed by atoms with van der Waals surface area (Å²) in [6.07, 6.45) is 3.82. The van der Waals surface area contributed by atoms with Crippen molar-refractivity contribution in [2.75, 3.05) is 5.73 Å². The van der Waals surface area contributed by atoms with Crippen LogP contribution >= 0.6 is 0 Å². The number of hydrogen-bond donors (Lipinski definition) is 3. The summed E-state index contributed by atoms with van der Waals surface area (Å²) in [5, 5.41) is 2.80. The van der Waals surface area contributed by atoms with E-state index in [2.05, 4.69) is 15.0 Å². The maximum atomic E-state index is 12.9. The second-order valence-corrected chi connectivity index (χ2v) is 9.48. The molecule has 0 saturated carbocycles. The summed E-state index contributed by atoms with van der Waals surface area (Å²) in [4.78, 5) is 17.4. The number of urea groups is 1. The number of rotatable bonds is 7. The average Bonchev–Trinajstić information content (AvgIpc) is 3.29. The summed E-state index contributed by atoms with van der Waals surface area (Å²) in [5.74, 6) is 0.553. The van der Waals surface area contributed by atoms with E-state index in [1.165, 1.54) is 6.07 Å². The Morgan fingerprint density at radius 1 is 1.00 bits per heavy atom. The largest absolute Gasteiger partial charge is 0.399 e. The lowest BCUT2D eigenvalue weighted by atomic mass is 10.1. The van der Waals surface area contributed by atoms with Crippen molar-refractivity contribution in [3.63, 3.8) is 0 Å². The van der Waals surface area contributed by atoms with Crippen LogP contribution in [0.25, 0.3) is 5.69 Å². The summed E-state index contributed by atoms with van der Waals surface area (Å²) in [7, 11) is -4.05. The van der Waals surface area contributed by atoms with E-state index in [-0.39, 0.29) is 4.90 Å².